The highest BCUT2D eigenvalue weighted by molar-refractivity contribution is 7.13. The van der Waals surface area contributed by atoms with Crippen molar-refractivity contribution in [1.82, 2.24) is 25.9 Å². The summed E-state index contributed by atoms with van der Waals surface area (Å²) in [5.74, 6) is 1.37. The predicted octanol–water partition coefficient (Wildman–Crippen LogP) is 4.76. The van der Waals surface area contributed by atoms with E-state index in [4.69, 9.17) is 5.73 Å². The zero-order chi connectivity index (χ0) is 24.0. The van der Waals surface area contributed by atoms with Gasteiger partial charge in [0.05, 0.1) is 10.9 Å². The van der Waals surface area contributed by atoms with Crippen molar-refractivity contribution in [2.45, 2.75) is 38.1 Å². The van der Waals surface area contributed by atoms with E-state index in [2.05, 4.69) is 73.8 Å². The SMILES string of the molecule is NCC1CCC(C(=O)NC(Cc2ccccc2)c2cccc(-c3csc(-c4nn[nH]n4)c3)c2)CC1. The summed E-state index contributed by atoms with van der Waals surface area (Å²) >= 11 is 1.59. The van der Waals surface area contributed by atoms with Crippen LogP contribution in [0.3, 0.4) is 0 Å². The van der Waals surface area contributed by atoms with Crippen molar-refractivity contribution in [3.05, 3.63) is 77.2 Å². The van der Waals surface area contributed by atoms with Crippen molar-refractivity contribution >= 4 is 17.2 Å². The predicted molar refractivity (Wildman–Crippen MR) is 138 cm³/mol. The smallest absolute Gasteiger partial charge is 0.223 e. The van der Waals surface area contributed by atoms with Crippen molar-refractivity contribution in [2.24, 2.45) is 17.6 Å². The van der Waals surface area contributed by atoms with Gasteiger partial charge in [0.1, 0.15) is 0 Å². The quantitative estimate of drug-likeness (QED) is 0.333. The van der Waals surface area contributed by atoms with Gasteiger partial charge in [0, 0.05) is 5.92 Å². The average Bonchev–Trinajstić information content (AvgIpc) is 3.62. The minimum Gasteiger partial charge on any atom is -0.349 e. The Morgan fingerprint density at radius 2 is 1.89 bits per heavy atom. The zero-order valence-electron chi connectivity index (χ0n) is 19.6. The third kappa shape index (κ3) is 5.66. The van der Waals surface area contributed by atoms with Gasteiger partial charge in [-0.3, -0.25) is 4.79 Å². The molecule has 7 nitrogen and oxygen atoms in total. The number of carbonyl (C=O) groups excluding carboxylic acids is 1. The molecule has 35 heavy (non-hydrogen) atoms. The molecule has 180 valence electrons. The Kier molecular flexibility index (Phi) is 7.30. The molecule has 2 aromatic carbocycles. The molecule has 0 radical (unpaired) electrons. The van der Waals surface area contributed by atoms with E-state index >= 15 is 0 Å². The number of nitrogens with zero attached hydrogens (tertiary/aromatic N) is 3. The number of nitrogens with one attached hydrogen (secondary N) is 2. The van der Waals surface area contributed by atoms with Crippen molar-refractivity contribution in [1.29, 1.82) is 0 Å². The van der Waals surface area contributed by atoms with Crippen LogP contribution >= 0.6 is 11.3 Å². The normalized spacial score (nSPS) is 18.8. The molecule has 2 aromatic heterocycles. The first-order valence-electron chi connectivity index (χ1n) is 12.2. The largest absolute Gasteiger partial charge is 0.349 e. The van der Waals surface area contributed by atoms with Gasteiger partial charge in [0.2, 0.25) is 11.7 Å². The van der Waals surface area contributed by atoms with Gasteiger partial charge in [-0.25, -0.2) is 0 Å². The molecule has 1 aliphatic carbocycles. The molecule has 8 heteroatoms. The van der Waals surface area contributed by atoms with Crippen LogP contribution in [0.25, 0.3) is 21.8 Å². The second-order valence-electron chi connectivity index (χ2n) is 9.26. The van der Waals surface area contributed by atoms with Crippen molar-refractivity contribution < 1.29 is 4.79 Å². The van der Waals surface area contributed by atoms with Crippen molar-refractivity contribution in [3.63, 3.8) is 0 Å². The number of tetrazole rings is 1. The second kappa shape index (κ2) is 10.9. The van der Waals surface area contributed by atoms with Crippen LogP contribution in [0.15, 0.2) is 66.0 Å². The van der Waals surface area contributed by atoms with Gasteiger partial charge in [0.15, 0.2) is 0 Å². The molecule has 1 atom stereocenters. The Bertz CT molecular complexity index is 1230. The Hall–Kier alpha value is -3.36. The fraction of sp³-hybridized carbons (Fsp3) is 0.333. The van der Waals surface area contributed by atoms with Crippen LogP contribution in [0.5, 0.6) is 0 Å². The molecule has 1 amide bonds. The molecular formula is C27H30N6OS. The lowest BCUT2D eigenvalue weighted by Crippen LogP contribution is -2.37. The number of hydrogen-bond donors (Lipinski definition) is 3. The summed E-state index contributed by atoms with van der Waals surface area (Å²) in [5, 5.41) is 19.8. The second-order valence-corrected chi connectivity index (χ2v) is 10.2. The van der Waals surface area contributed by atoms with Crippen molar-refractivity contribution in [2.75, 3.05) is 6.54 Å². The highest BCUT2D eigenvalue weighted by Crippen LogP contribution is 2.33. The summed E-state index contributed by atoms with van der Waals surface area (Å²) in [7, 11) is 0. The first-order chi connectivity index (χ1) is 17.2. The maximum Gasteiger partial charge on any atom is 0.223 e. The molecule has 5 rings (SSSR count). The summed E-state index contributed by atoms with van der Waals surface area (Å²) in [6.07, 6.45) is 4.65. The van der Waals surface area contributed by atoms with Crippen LogP contribution < -0.4 is 11.1 Å². The number of rotatable bonds is 8. The van der Waals surface area contributed by atoms with Crippen LogP contribution in [0.1, 0.15) is 42.9 Å². The maximum atomic E-state index is 13.3. The van der Waals surface area contributed by atoms with Gasteiger partial charge in [-0.05, 0) is 89.5 Å². The monoisotopic (exact) mass is 486 g/mol. The van der Waals surface area contributed by atoms with E-state index in [0.717, 1.165) is 60.2 Å². The van der Waals surface area contributed by atoms with E-state index in [0.29, 0.717) is 11.7 Å². The van der Waals surface area contributed by atoms with Crippen LogP contribution in [-0.4, -0.2) is 33.1 Å². The molecule has 0 spiro atoms. The van der Waals surface area contributed by atoms with E-state index < -0.39 is 0 Å². The topological polar surface area (TPSA) is 110 Å². The van der Waals surface area contributed by atoms with Gasteiger partial charge >= 0.3 is 0 Å². The third-order valence-electron chi connectivity index (χ3n) is 6.94. The Labute approximate surface area is 209 Å². The number of aromatic nitrogens is 4. The maximum absolute atomic E-state index is 13.3. The fourth-order valence-electron chi connectivity index (χ4n) is 4.86. The van der Waals surface area contributed by atoms with E-state index in [1.807, 2.05) is 18.2 Å². The molecule has 0 bridgehead atoms. The summed E-state index contributed by atoms with van der Waals surface area (Å²) in [6, 6.07) is 20.8. The highest BCUT2D eigenvalue weighted by atomic mass is 32.1. The van der Waals surface area contributed by atoms with Crippen molar-refractivity contribution in [3.8, 4) is 21.8 Å². The fourth-order valence-corrected chi connectivity index (χ4v) is 5.70. The van der Waals surface area contributed by atoms with Crippen LogP contribution in [0, 0.1) is 11.8 Å². The van der Waals surface area contributed by atoms with E-state index in [9.17, 15) is 4.79 Å². The summed E-state index contributed by atoms with van der Waals surface area (Å²) < 4.78 is 0. The Morgan fingerprint density at radius 3 is 2.63 bits per heavy atom. The number of amides is 1. The average molecular weight is 487 g/mol. The number of hydrogen-bond acceptors (Lipinski definition) is 6. The molecule has 4 aromatic rings. The molecular weight excluding hydrogens is 456 g/mol. The van der Waals surface area contributed by atoms with Crippen LogP contribution in [0.2, 0.25) is 0 Å². The van der Waals surface area contributed by atoms with Gasteiger partial charge in [-0.15, -0.1) is 21.5 Å². The summed E-state index contributed by atoms with van der Waals surface area (Å²) in [4.78, 5) is 14.3. The Balaban J connectivity index is 1.38. The lowest BCUT2D eigenvalue weighted by molar-refractivity contribution is -0.127. The minimum atomic E-state index is -0.104. The van der Waals surface area contributed by atoms with E-state index in [1.54, 1.807) is 11.3 Å². The molecule has 1 aliphatic rings. The van der Waals surface area contributed by atoms with E-state index in [1.165, 1.54) is 5.56 Å². The minimum absolute atomic E-state index is 0.0636. The lowest BCUT2D eigenvalue weighted by atomic mass is 9.81. The molecule has 4 N–H and O–H groups in total. The first-order valence-corrected chi connectivity index (χ1v) is 13.0. The number of benzene rings is 2. The number of H-pyrrole nitrogens is 1. The van der Waals surface area contributed by atoms with E-state index in [-0.39, 0.29) is 17.9 Å². The molecule has 1 fully saturated rings. The zero-order valence-corrected chi connectivity index (χ0v) is 20.4. The van der Waals surface area contributed by atoms with Gasteiger partial charge in [0.25, 0.3) is 0 Å². The van der Waals surface area contributed by atoms with Gasteiger partial charge in [-0.2, -0.15) is 5.21 Å². The molecule has 1 unspecified atom stereocenters. The highest BCUT2D eigenvalue weighted by Gasteiger charge is 2.27. The van der Waals surface area contributed by atoms with Crippen LogP contribution in [-0.2, 0) is 11.2 Å². The summed E-state index contributed by atoms with van der Waals surface area (Å²) in [5.41, 5.74) is 10.3. The standard InChI is InChI=1S/C27H30N6OS/c28-16-19-9-11-20(12-10-19)27(34)29-24(13-18-5-2-1-3-6-18)22-8-4-7-21(14-22)23-15-25(35-17-23)26-30-32-33-31-26/h1-8,14-15,17,19-20,24H,9-13,16,28H2,(H,29,34)(H,30,31,32,33). The number of aromatic amines is 1. The number of nitrogens with two attached hydrogens (primary N) is 1. The van der Waals surface area contributed by atoms with Crippen LogP contribution in [0.4, 0.5) is 0 Å². The first kappa shape index (κ1) is 23.4. The number of thiophene rings is 1. The van der Waals surface area contributed by atoms with Gasteiger partial charge in [-0.1, -0.05) is 48.5 Å². The molecule has 0 aliphatic heterocycles. The molecule has 2 heterocycles. The summed E-state index contributed by atoms with van der Waals surface area (Å²) in [6.45, 7) is 0.717. The number of carbonyl (C=O) groups is 1. The van der Waals surface area contributed by atoms with Gasteiger partial charge < -0.3 is 11.1 Å². The Morgan fingerprint density at radius 1 is 1.06 bits per heavy atom. The third-order valence-corrected chi connectivity index (χ3v) is 7.86. The molecule has 0 saturated heterocycles. The molecule has 1 saturated carbocycles. The lowest BCUT2D eigenvalue weighted by Gasteiger charge is -2.29.